The molecule has 112 valence electrons. The van der Waals surface area contributed by atoms with Crippen LogP contribution in [0.4, 0.5) is 0 Å². The topological polar surface area (TPSA) is 37.4 Å². The highest BCUT2D eigenvalue weighted by Crippen LogP contribution is 2.25. The van der Waals surface area contributed by atoms with E-state index in [-0.39, 0.29) is 9.92 Å². The average molecular weight is 389 g/mol. The van der Waals surface area contributed by atoms with Gasteiger partial charge in [0.25, 0.3) is 0 Å². The second-order valence-electron chi connectivity index (χ2n) is 4.44. The zero-order valence-corrected chi connectivity index (χ0v) is 14.4. The van der Waals surface area contributed by atoms with Crippen molar-refractivity contribution in [2.75, 3.05) is 11.9 Å². The Morgan fingerprint density at radius 1 is 1.00 bits per heavy atom. The molecule has 0 saturated heterocycles. The Morgan fingerprint density at radius 3 is 2.24 bits per heavy atom. The minimum atomic E-state index is -3.62. The van der Waals surface area contributed by atoms with E-state index < -0.39 is 10.0 Å². The van der Waals surface area contributed by atoms with Crippen LogP contribution in [0.15, 0.2) is 59.5 Å². The lowest BCUT2D eigenvalue weighted by atomic mass is 10.2. The van der Waals surface area contributed by atoms with Crippen molar-refractivity contribution in [2.45, 2.75) is 11.4 Å². The van der Waals surface area contributed by atoms with Crippen LogP contribution in [0.3, 0.4) is 0 Å². The van der Waals surface area contributed by atoms with Gasteiger partial charge in [-0.25, -0.2) is 8.42 Å². The Morgan fingerprint density at radius 2 is 1.62 bits per heavy atom. The van der Waals surface area contributed by atoms with Crippen LogP contribution < -0.4 is 0 Å². The molecule has 2 aromatic carbocycles. The molecular weight excluding hydrogens is 374 g/mol. The fraction of sp³-hybridized carbons (Fsp3) is 0.200. The smallest absolute Gasteiger partial charge is 0.207 e. The first-order valence-electron chi connectivity index (χ1n) is 6.40. The molecule has 2 aromatic rings. The van der Waals surface area contributed by atoms with Crippen molar-refractivity contribution in [1.29, 1.82) is 0 Å². The van der Waals surface area contributed by atoms with Gasteiger partial charge in [-0.2, -0.15) is 4.31 Å². The van der Waals surface area contributed by atoms with Crippen molar-refractivity contribution in [3.63, 3.8) is 0 Å². The van der Waals surface area contributed by atoms with Gasteiger partial charge in [0.05, 0.1) is 5.02 Å². The van der Waals surface area contributed by atoms with Gasteiger partial charge in [-0.05, 0) is 17.7 Å². The maximum atomic E-state index is 12.8. The van der Waals surface area contributed by atoms with E-state index in [1.54, 1.807) is 18.2 Å². The number of alkyl halides is 1. The van der Waals surface area contributed by atoms with Crippen LogP contribution in [0.25, 0.3) is 0 Å². The third-order valence-electron chi connectivity index (χ3n) is 2.99. The lowest BCUT2D eigenvalue weighted by Crippen LogP contribution is -2.32. The SMILES string of the molecule is O=S(=O)(c1ccccc1Cl)N(CCBr)Cc1ccccc1. The standard InChI is InChI=1S/C15H15BrClNO2S/c16-10-11-18(12-13-6-2-1-3-7-13)21(19,20)15-9-5-4-8-14(15)17/h1-9H,10-12H2. The molecule has 0 saturated carbocycles. The number of hydrogen-bond donors (Lipinski definition) is 0. The van der Waals surface area contributed by atoms with E-state index in [1.807, 2.05) is 30.3 Å². The van der Waals surface area contributed by atoms with Gasteiger partial charge in [0, 0.05) is 18.4 Å². The van der Waals surface area contributed by atoms with Gasteiger partial charge in [-0.15, -0.1) is 0 Å². The average Bonchev–Trinajstić information content (AvgIpc) is 2.48. The van der Waals surface area contributed by atoms with Crippen molar-refractivity contribution in [2.24, 2.45) is 0 Å². The molecule has 0 unspecified atom stereocenters. The molecule has 0 bridgehead atoms. The van der Waals surface area contributed by atoms with Crippen LogP contribution in [0.5, 0.6) is 0 Å². The Kier molecular flexibility index (Phi) is 5.81. The molecule has 6 heteroatoms. The van der Waals surface area contributed by atoms with E-state index in [1.165, 1.54) is 10.4 Å². The summed E-state index contributed by atoms with van der Waals surface area (Å²) in [5.41, 5.74) is 0.939. The molecule has 0 aliphatic heterocycles. The molecule has 0 spiro atoms. The third kappa shape index (κ3) is 4.07. The minimum Gasteiger partial charge on any atom is -0.207 e. The van der Waals surface area contributed by atoms with E-state index >= 15 is 0 Å². The maximum absolute atomic E-state index is 12.8. The van der Waals surface area contributed by atoms with Gasteiger partial charge >= 0.3 is 0 Å². The van der Waals surface area contributed by atoms with Gasteiger partial charge in [0.1, 0.15) is 4.90 Å². The van der Waals surface area contributed by atoms with Crippen LogP contribution in [0.1, 0.15) is 5.56 Å². The highest BCUT2D eigenvalue weighted by molar-refractivity contribution is 9.09. The molecule has 21 heavy (non-hydrogen) atoms. The Hall–Kier alpha value is -0.880. The summed E-state index contributed by atoms with van der Waals surface area (Å²) in [5.74, 6) is 0. The zero-order valence-electron chi connectivity index (χ0n) is 11.2. The van der Waals surface area contributed by atoms with Crippen molar-refractivity contribution >= 4 is 37.6 Å². The summed E-state index contributed by atoms with van der Waals surface area (Å²) in [6.07, 6.45) is 0. The van der Waals surface area contributed by atoms with E-state index in [2.05, 4.69) is 15.9 Å². The van der Waals surface area contributed by atoms with Gasteiger partial charge in [0.2, 0.25) is 10.0 Å². The Bertz CT molecular complexity index is 692. The highest BCUT2D eigenvalue weighted by Gasteiger charge is 2.26. The van der Waals surface area contributed by atoms with Crippen LogP contribution >= 0.6 is 27.5 Å². The summed E-state index contributed by atoms with van der Waals surface area (Å²) >= 11 is 9.35. The fourth-order valence-corrected chi connectivity index (χ4v) is 4.54. The predicted molar refractivity (Wildman–Crippen MR) is 89.3 cm³/mol. The Balaban J connectivity index is 2.35. The van der Waals surface area contributed by atoms with Crippen LogP contribution in [0, 0.1) is 0 Å². The molecule has 0 atom stereocenters. The molecule has 3 nitrogen and oxygen atoms in total. The maximum Gasteiger partial charge on any atom is 0.244 e. The lowest BCUT2D eigenvalue weighted by Gasteiger charge is -2.22. The molecule has 0 aliphatic carbocycles. The van der Waals surface area contributed by atoms with Crippen LogP contribution in [-0.2, 0) is 16.6 Å². The van der Waals surface area contributed by atoms with Gasteiger partial charge in [-0.3, -0.25) is 0 Å². The molecule has 0 radical (unpaired) electrons. The molecular formula is C15H15BrClNO2S. The summed E-state index contributed by atoms with van der Waals surface area (Å²) in [5, 5.41) is 0.800. The minimum absolute atomic E-state index is 0.142. The van der Waals surface area contributed by atoms with Gasteiger partial charge in [-0.1, -0.05) is 70.0 Å². The summed E-state index contributed by atoms with van der Waals surface area (Å²) in [6, 6.07) is 16.0. The number of sulfonamides is 1. The van der Waals surface area contributed by atoms with E-state index in [0.29, 0.717) is 18.4 Å². The fourth-order valence-electron chi connectivity index (χ4n) is 1.96. The van der Waals surface area contributed by atoms with Gasteiger partial charge < -0.3 is 0 Å². The third-order valence-corrected chi connectivity index (χ3v) is 5.69. The largest absolute Gasteiger partial charge is 0.244 e. The monoisotopic (exact) mass is 387 g/mol. The first-order valence-corrected chi connectivity index (χ1v) is 9.34. The number of rotatable bonds is 6. The number of nitrogens with zero attached hydrogens (tertiary/aromatic N) is 1. The molecule has 0 aromatic heterocycles. The summed E-state index contributed by atoms with van der Waals surface area (Å²) in [6.45, 7) is 0.697. The Labute approximate surface area is 138 Å². The second-order valence-corrected chi connectivity index (χ2v) is 7.55. The number of benzene rings is 2. The van der Waals surface area contributed by atoms with E-state index in [4.69, 9.17) is 11.6 Å². The highest BCUT2D eigenvalue weighted by atomic mass is 79.9. The summed E-state index contributed by atoms with van der Waals surface area (Å²) < 4.78 is 27.0. The summed E-state index contributed by atoms with van der Waals surface area (Å²) in [7, 11) is -3.62. The van der Waals surface area contributed by atoms with Crippen molar-refractivity contribution in [3.05, 3.63) is 65.2 Å². The molecule has 0 N–H and O–H groups in total. The van der Waals surface area contributed by atoms with Crippen molar-refractivity contribution in [3.8, 4) is 0 Å². The number of halogens is 2. The molecule has 0 aliphatic rings. The van der Waals surface area contributed by atoms with E-state index in [0.717, 1.165) is 5.56 Å². The molecule has 0 fully saturated rings. The normalized spacial score (nSPS) is 11.8. The first-order chi connectivity index (χ1) is 10.1. The summed E-state index contributed by atoms with van der Waals surface area (Å²) in [4.78, 5) is 0.142. The number of hydrogen-bond acceptors (Lipinski definition) is 2. The predicted octanol–water partition coefficient (Wildman–Crippen LogP) is 3.93. The van der Waals surface area contributed by atoms with Crippen LogP contribution in [0.2, 0.25) is 5.02 Å². The van der Waals surface area contributed by atoms with Crippen molar-refractivity contribution in [1.82, 2.24) is 4.31 Å². The molecule has 0 amide bonds. The van der Waals surface area contributed by atoms with Crippen molar-refractivity contribution < 1.29 is 8.42 Å². The zero-order chi connectivity index (χ0) is 15.3. The van der Waals surface area contributed by atoms with Crippen LogP contribution in [-0.4, -0.2) is 24.6 Å². The quantitative estimate of drug-likeness (QED) is 0.703. The molecule has 2 rings (SSSR count). The molecule has 0 heterocycles. The van der Waals surface area contributed by atoms with E-state index in [9.17, 15) is 8.42 Å². The lowest BCUT2D eigenvalue weighted by molar-refractivity contribution is 0.427. The van der Waals surface area contributed by atoms with Gasteiger partial charge in [0.15, 0.2) is 0 Å². The first kappa shape index (κ1) is 16.5. The second kappa shape index (κ2) is 7.40.